The Bertz CT molecular complexity index is 568. The number of nitrogens with one attached hydrogen (secondary N) is 2. The average molecular weight is 295 g/mol. The minimum atomic E-state index is -0.127. The summed E-state index contributed by atoms with van der Waals surface area (Å²) in [4.78, 5) is 12.6. The Balaban J connectivity index is 2.04. The van der Waals surface area contributed by atoms with E-state index in [0.717, 1.165) is 24.3 Å². The summed E-state index contributed by atoms with van der Waals surface area (Å²) in [5.74, 6) is -0.127. The highest BCUT2D eigenvalue weighted by molar-refractivity contribution is 7.18. The highest BCUT2D eigenvalue weighted by Gasteiger charge is 2.08. The van der Waals surface area contributed by atoms with E-state index < -0.39 is 0 Å². The summed E-state index contributed by atoms with van der Waals surface area (Å²) in [6.45, 7) is 3.78. The summed E-state index contributed by atoms with van der Waals surface area (Å²) < 4.78 is 0.617. The fraction of sp³-hybridized carbons (Fsp3) is 0.214. The Hall–Kier alpha value is -1.36. The molecule has 2 N–H and O–H groups in total. The molecule has 19 heavy (non-hydrogen) atoms. The van der Waals surface area contributed by atoms with E-state index in [1.54, 1.807) is 12.1 Å². The predicted molar refractivity (Wildman–Crippen MR) is 81.1 cm³/mol. The molecule has 1 aromatic heterocycles. The number of amides is 1. The van der Waals surface area contributed by atoms with Crippen LogP contribution in [0.2, 0.25) is 4.34 Å². The zero-order chi connectivity index (χ0) is 13.7. The molecule has 0 saturated carbocycles. The second-order valence-electron chi connectivity index (χ2n) is 4.04. The normalized spacial score (nSPS) is 10.4. The van der Waals surface area contributed by atoms with Crippen molar-refractivity contribution in [3.05, 3.63) is 51.2 Å². The second kappa shape index (κ2) is 6.70. The number of hydrogen-bond acceptors (Lipinski definition) is 3. The lowest BCUT2D eigenvalue weighted by Gasteiger charge is -2.07. The predicted octanol–water partition coefficient (Wildman–Crippen LogP) is 3.76. The van der Waals surface area contributed by atoms with Crippen LogP contribution in [0.1, 0.15) is 22.2 Å². The minimum absolute atomic E-state index is 0.127. The van der Waals surface area contributed by atoms with Gasteiger partial charge in [0.1, 0.15) is 0 Å². The number of carbonyl (C=O) groups excluding carboxylic acids is 1. The molecule has 0 saturated heterocycles. The number of thiophene rings is 1. The molecule has 1 amide bonds. The summed E-state index contributed by atoms with van der Waals surface area (Å²) in [6, 6.07) is 11.3. The molecule has 0 unspecified atom stereocenters. The van der Waals surface area contributed by atoms with E-state index in [0.29, 0.717) is 9.21 Å². The van der Waals surface area contributed by atoms with Crippen LogP contribution in [-0.4, -0.2) is 12.5 Å². The van der Waals surface area contributed by atoms with Crippen molar-refractivity contribution in [1.82, 2.24) is 5.32 Å². The van der Waals surface area contributed by atoms with Gasteiger partial charge < -0.3 is 10.6 Å². The van der Waals surface area contributed by atoms with Crippen LogP contribution >= 0.6 is 22.9 Å². The van der Waals surface area contributed by atoms with E-state index in [4.69, 9.17) is 11.6 Å². The Labute approximate surface area is 121 Å². The molecule has 2 aromatic rings. The van der Waals surface area contributed by atoms with Gasteiger partial charge in [0.2, 0.25) is 0 Å². The van der Waals surface area contributed by atoms with Crippen molar-refractivity contribution in [3.8, 4) is 0 Å². The van der Waals surface area contributed by atoms with Crippen molar-refractivity contribution in [2.24, 2.45) is 0 Å². The molecule has 100 valence electrons. The van der Waals surface area contributed by atoms with Crippen LogP contribution in [0.3, 0.4) is 0 Å². The van der Waals surface area contributed by atoms with Crippen molar-refractivity contribution < 1.29 is 4.79 Å². The lowest BCUT2D eigenvalue weighted by Crippen LogP contribution is -2.13. The zero-order valence-corrected chi connectivity index (χ0v) is 12.1. The van der Waals surface area contributed by atoms with Crippen molar-refractivity contribution in [2.45, 2.75) is 13.5 Å². The van der Waals surface area contributed by atoms with Gasteiger partial charge in [-0.3, -0.25) is 4.79 Å². The standard InChI is InChI=1S/C14H15ClN2OS/c1-2-16-9-10-4-3-5-11(8-10)17-14(18)12-6-7-13(15)19-12/h3-8,16H,2,9H2,1H3,(H,17,18). The number of rotatable bonds is 5. The summed E-state index contributed by atoms with van der Waals surface area (Å²) >= 11 is 7.09. The quantitative estimate of drug-likeness (QED) is 0.881. The fourth-order valence-electron chi connectivity index (χ4n) is 1.66. The Morgan fingerprint density at radius 2 is 2.16 bits per heavy atom. The maximum absolute atomic E-state index is 12.0. The zero-order valence-electron chi connectivity index (χ0n) is 10.6. The molecule has 0 bridgehead atoms. The van der Waals surface area contributed by atoms with Gasteiger partial charge in [0.05, 0.1) is 9.21 Å². The molecular weight excluding hydrogens is 280 g/mol. The molecule has 0 aliphatic rings. The molecule has 0 radical (unpaired) electrons. The van der Waals surface area contributed by atoms with Crippen LogP contribution in [-0.2, 0) is 6.54 Å². The van der Waals surface area contributed by atoms with Crippen molar-refractivity contribution in [3.63, 3.8) is 0 Å². The summed E-state index contributed by atoms with van der Waals surface area (Å²) in [6.07, 6.45) is 0. The lowest BCUT2D eigenvalue weighted by molar-refractivity contribution is 0.103. The molecule has 5 heteroatoms. The van der Waals surface area contributed by atoms with Crippen LogP contribution in [0.4, 0.5) is 5.69 Å². The van der Waals surface area contributed by atoms with Crippen molar-refractivity contribution in [2.75, 3.05) is 11.9 Å². The van der Waals surface area contributed by atoms with Crippen molar-refractivity contribution >= 4 is 34.5 Å². The van der Waals surface area contributed by atoms with E-state index in [1.807, 2.05) is 24.3 Å². The third-order valence-electron chi connectivity index (χ3n) is 2.56. The molecule has 1 heterocycles. The number of hydrogen-bond donors (Lipinski definition) is 2. The van der Waals surface area contributed by atoms with Crippen LogP contribution < -0.4 is 10.6 Å². The van der Waals surface area contributed by atoms with E-state index in [9.17, 15) is 4.79 Å². The largest absolute Gasteiger partial charge is 0.321 e. The molecule has 0 aliphatic carbocycles. The maximum Gasteiger partial charge on any atom is 0.265 e. The highest BCUT2D eigenvalue weighted by atomic mass is 35.5. The topological polar surface area (TPSA) is 41.1 Å². The fourth-order valence-corrected chi connectivity index (χ4v) is 2.60. The monoisotopic (exact) mass is 294 g/mol. The third-order valence-corrected chi connectivity index (χ3v) is 3.79. The number of anilines is 1. The van der Waals surface area contributed by atoms with Gasteiger partial charge in [0.15, 0.2) is 0 Å². The van der Waals surface area contributed by atoms with Gasteiger partial charge in [0, 0.05) is 12.2 Å². The van der Waals surface area contributed by atoms with Crippen LogP contribution in [0, 0.1) is 0 Å². The van der Waals surface area contributed by atoms with Gasteiger partial charge in [-0.1, -0.05) is 30.7 Å². The smallest absolute Gasteiger partial charge is 0.265 e. The number of carbonyl (C=O) groups is 1. The van der Waals surface area contributed by atoms with E-state index in [-0.39, 0.29) is 5.91 Å². The van der Waals surface area contributed by atoms with Gasteiger partial charge in [-0.15, -0.1) is 11.3 Å². The van der Waals surface area contributed by atoms with E-state index in [2.05, 4.69) is 17.6 Å². The number of benzene rings is 1. The first-order valence-electron chi connectivity index (χ1n) is 6.05. The van der Waals surface area contributed by atoms with Crippen LogP contribution in [0.15, 0.2) is 36.4 Å². The Morgan fingerprint density at radius 1 is 1.32 bits per heavy atom. The lowest BCUT2D eigenvalue weighted by atomic mass is 10.2. The average Bonchev–Trinajstić information content (AvgIpc) is 2.83. The highest BCUT2D eigenvalue weighted by Crippen LogP contribution is 2.22. The maximum atomic E-state index is 12.0. The Morgan fingerprint density at radius 3 is 2.84 bits per heavy atom. The summed E-state index contributed by atoms with van der Waals surface area (Å²) in [7, 11) is 0. The summed E-state index contributed by atoms with van der Waals surface area (Å²) in [5, 5.41) is 6.13. The third kappa shape index (κ3) is 4.06. The van der Waals surface area contributed by atoms with E-state index >= 15 is 0 Å². The van der Waals surface area contributed by atoms with Crippen LogP contribution in [0.25, 0.3) is 0 Å². The van der Waals surface area contributed by atoms with Gasteiger partial charge in [-0.2, -0.15) is 0 Å². The van der Waals surface area contributed by atoms with Gasteiger partial charge >= 0.3 is 0 Å². The molecule has 2 rings (SSSR count). The molecule has 0 fully saturated rings. The van der Waals surface area contributed by atoms with Gasteiger partial charge in [-0.25, -0.2) is 0 Å². The number of halogens is 1. The first-order chi connectivity index (χ1) is 9.19. The Kier molecular flexibility index (Phi) is 4.96. The van der Waals surface area contributed by atoms with Crippen LogP contribution in [0.5, 0.6) is 0 Å². The molecule has 1 aromatic carbocycles. The second-order valence-corrected chi connectivity index (χ2v) is 5.75. The molecule has 0 atom stereocenters. The first kappa shape index (κ1) is 14.1. The first-order valence-corrected chi connectivity index (χ1v) is 7.25. The van der Waals surface area contributed by atoms with Crippen molar-refractivity contribution in [1.29, 1.82) is 0 Å². The van der Waals surface area contributed by atoms with Gasteiger partial charge in [-0.05, 0) is 36.4 Å². The molecule has 3 nitrogen and oxygen atoms in total. The minimum Gasteiger partial charge on any atom is -0.321 e. The van der Waals surface area contributed by atoms with Gasteiger partial charge in [0.25, 0.3) is 5.91 Å². The molecule has 0 aliphatic heterocycles. The van der Waals surface area contributed by atoms with E-state index in [1.165, 1.54) is 11.3 Å². The molecule has 0 spiro atoms. The SMILES string of the molecule is CCNCc1cccc(NC(=O)c2ccc(Cl)s2)c1. The summed E-state index contributed by atoms with van der Waals surface area (Å²) in [5.41, 5.74) is 1.94. The molecular formula is C14H15ClN2OS.